The van der Waals surface area contributed by atoms with E-state index in [1.807, 2.05) is 32.0 Å². The first kappa shape index (κ1) is 15.0. The molecule has 1 rings (SSSR count). The average Bonchev–Trinajstić information content (AvgIpc) is 2.34. The maximum Gasteiger partial charge on any atom is 0.211 e. The highest BCUT2D eigenvalue weighted by Crippen LogP contribution is 2.18. The van der Waals surface area contributed by atoms with E-state index < -0.39 is 10.0 Å². The minimum atomic E-state index is -3.15. The van der Waals surface area contributed by atoms with Crippen molar-refractivity contribution >= 4 is 10.0 Å². The molecule has 0 amide bonds. The van der Waals surface area contributed by atoms with E-state index in [2.05, 4.69) is 4.72 Å². The molecule has 5 heteroatoms. The lowest BCUT2D eigenvalue weighted by Crippen LogP contribution is -2.25. The predicted octanol–water partition coefficient (Wildman–Crippen LogP) is 2.22. The Kier molecular flexibility index (Phi) is 5.62. The molecule has 1 aromatic rings. The third kappa shape index (κ3) is 4.66. The van der Waals surface area contributed by atoms with Gasteiger partial charge < -0.3 is 4.74 Å². The van der Waals surface area contributed by atoms with E-state index in [0.717, 1.165) is 23.3 Å². The first-order chi connectivity index (χ1) is 8.48. The Morgan fingerprint density at radius 2 is 2.06 bits per heavy atom. The summed E-state index contributed by atoms with van der Waals surface area (Å²) in [6.45, 7) is 4.24. The molecule has 0 aromatic heterocycles. The van der Waals surface area contributed by atoms with Crippen LogP contribution in [0.3, 0.4) is 0 Å². The summed E-state index contributed by atoms with van der Waals surface area (Å²) in [6.07, 6.45) is 1.57. The zero-order valence-corrected chi connectivity index (χ0v) is 12.0. The van der Waals surface area contributed by atoms with Crippen molar-refractivity contribution in [3.8, 4) is 5.75 Å². The Hall–Kier alpha value is -1.07. The van der Waals surface area contributed by atoms with Crippen LogP contribution >= 0.6 is 0 Å². The molecule has 0 atom stereocenters. The molecular formula is C13H21NO3S. The molecule has 0 aliphatic heterocycles. The SMILES string of the molecule is CCCCS(=O)(=O)NCc1ccc(OC)c(C)c1. The number of hydrogen-bond acceptors (Lipinski definition) is 3. The van der Waals surface area contributed by atoms with Gasteiger partial charge in [0.05, 0.1) is 12.9 Å². The Morgan fingerprint density at radius 1 is 1.33 bits per heavy atom. The fourth-order valence-corrected chi connectivity index (χ4v) is 2.85. The summed E-state index contributed by atoms with van der Waals surface area (Å²) in [5.41, 5.74) is 1.94. The zero-order valence-electron chi connectivity index (χ0n) is 11.2. The summed E-state index contributed by atoms with van der Waals surface area (Å²) >= 11 is 0. The standard InChI is InChI=1S/C13H21NO3S/c1-4-5-8-18(15,16)14-10-12-6-7-13(17-3)11(2)9-12/h6-7,9,14H,4-5,8,10H2,1-3H3. The van der Waals surface area contributed by atoms with E-state index in [4.69, 9.17) is 4.74 Å². The van der Waals surface area contributed by atoms with Gasteiger partial charge in [0.25, 0.3) is 0 Å². The second-order valence-corrected chi connectivity index (χ2v) is 6.22. The average molecular weight is 271 g/mol. The molecule has 0 aliphatic carbocycles. The highest BCUT2D eigenvalue weighted by molar-refractivity contribution is 7.89. The molecule has 0 fully saturated rings. The van der Waals surface area contributed by atoms with Crippen molar-refractivity contribution in [1.82, 2.24) is 4.72 Å². The van der Waals surface area contributed by atoms with Gasteiger partial charge >= 0.3 is 0 Å². The lowest BCUT2D eigenvalue weighted by molar-refractivity contribution is 0.411. The van der Waals surface area contributed by atoms with E-state index in [1.54, 1.807) is 7.11 Å². The first-order valence-corrected chi connectivity index (χ1v) is 7.74. The van der Waals surface area contributed by atoms with E-state index in [-0.39, 0.29) is 5.75 Å². The Labute approximate surface area is 109 Å². The highest BCUT2D eigenvalue weighted by Gasteiger charge is 2.09. The molecule has 0 radical (unpaired) electrons. The summed E-state index contributed by atoms with van der Waals surface area (Å²) in [5.74, 6) is 1.01. The van der Waals surface area contributed by atoms with E-state index in [9.17, 15) is 8.42 Å². The summed E-state index contributed by atoms with van der Waals surface area (Å²) in [4.78, 5) is 0. The molecule has 4 nitrogen and oxygen atoms in total. The molecule has 0 spiro atoms. The van der Waals surface area contributed by atoms with Crippen LogP contribution in [-0.2, 0) is 16.6 Å². The number of nitrogens with one attached hydrogen (secondary N) is 1. The van der Waals surface area contributed by atoms with Crippen molar-refractivity contribution in [3.63, 3.8) is 0 Å². The molecule has 1 aromatic carbocycles. The summed E-state index contributed by atoms with van der Waals surface area (Å²) in [5, 5.41) is 0. The number of unbranched alkanes of at least 4 members (excludes halogenated alkanes) is 1. The fourth-order valence-electron chi connectivity index (χ4n) is 1.65. The van der Waals surface area contributed by atoms with Crippen LogP contribution in [-0.4, -0.2) is 21.3 Å². The van der Waals surface area contributed by atoms with Crippen LogP contribution in [0.5, 0.6) is 5.75 Å². The number of rotatable bonds is 7. The number of hydrogen-bond donors (Lipinski definition) is 1. The van der Waals surface area contributed by atoms with Gasteiger partial charge in [-0.2, -0.15) is 0 Å². The number of benzene rings is 1. The van der Waals surface area contributed by atoms with Crippen molar-refractivity contribution < 1.29 is 13.2 Å². The predicted molar refractivity (Wildman–Crippen MR) is 73.3 cm³/mol. The smallest absolute Gasteiger partial charge is 0.211 e. The fraction of sp³-hybridized carbons (Fsp3) is 0.538. The summed E-state index contributed by atoms with van der Waals surface area (Å²) < 4.78 is 31.0. The van der Waals surface area contributed by atoms with E-state index in [0.29, 0.717) is 13.0 Å². The topological polar surface area (TPSA) is 55.4 Å². The van der Waals surface area contributed by atoms with Crippen molar-refractivity contribution in [1.29, 1.82) is 0 Å². The van der Waals surface area contributed by atoms with Crippen LogP contribution in [0.25, 0.3) is 0 Å². The monoisotopic (exact) mass is 271 g/mol. The molecule has 18 heavy (non-hydrogen) atoms. The minimum Gasteiger partial charge on any atom is -0.496 e. The molecule has 0 bridgehead atoms. The summed E-state index contributed by atoms with van der Waals surface area (Å²) in [7, 11) is -1.53. The molecule has 1 N–H and O–H groups in total. The number of aryl methyl sites for hydroxylation is 1. The van der Waals surface area contributed by atoms with Gasteiger partial charge in [0.2, 0.25) is 10.0 Å². The molecule has 0 unspecified atom stereocenters. The van der Waals surface area contributed by atoms with Gasteiger partial charge in [-0.1, -0.05) is 25.5 Å². The van der Waals surface area contributed by atoms with Gasteiger partial charge in [0, 0.05) is 6.54 Å². The normalized spacial score (nSPS) is 11.5. The van der Waals surface area contributed by atoms with Gasteiger partial charge in [-0.3, -0.25) is 0 Å². The Morgan fingerprint density at radius 3 is 2.61 bits per heavy atom. The van der Waals surface area contributed by atoms with Gasteiger partial charge in [0.15, 0.2) is 0 Å². The van der Waals surface area contributed by atoms with Crippen molar-refractivity contribution in [2.45, 2.75) is 33.2 Å². The number of methoxy groups -OCH3 is 1. The van der Waals surface area contributed by atoms with Gasteiger partial charge in [-0.25, -0.2) is 13.1 Å². The third-order valence-electron chi connectivity index (χ3n) is 2.72. The molecule has 0 heterocycles. The van der Waals surface area contributed by atoms with Crippen molar-refractivity contribution in [2.24, 2.45) is 0 Å². The van der Waals surface area contributed by atoms with Crippen LogP contribution in [0.15, 0.2) is 18.2 Å². The van der Waals surface area contributed by atoms with Gasteiger partial charge in [-0.15, -0.1) is 0 Å². The number of sulfonamides is 1. The Bertz CT molecular complexity index is 483. The lowest BCUT2D eigenvalue weighted by atomic mass is 10.1. The zero-order chi connectivity index (χ0) is 13.6. The van der Waals surface area contributed by atoms with E-state index in [1.165, 1.54) is 0 Å². The quantitative estimate of drug-likeness (QED) is 0.827. The van der Waals surface area contributed by atoms with Crippen LogP contribution < -0.4 is 9.46 Å². The van der Waals surface area contributed by atoms with Gasteiger partial charge in [-0.05, 0) is 30.5 Å². The second kappa shape index (κ2) is 6.75. The van der Waals surface area contributed by atoms with Gasteiger partial charge in [0.1, 0.15) is 5.75 Å². The second-order valence-electron chi connectivity index (χ2n) is 4.30. The lowest BCUT2D eigenvalue weighted by Gasteiger charge is -2.09. The van der Waals surface area contributed by atoms with Crippen LogP contribution in [0.2, 0.25) is 0 Å². The molecule has 0 aliphatic rings. The Balaban J connectivity index is 2.61. The first-order valence-electron chi connectivity index (χ1n) is 6.09. The third-order valence-corrected chi connectivity index (χ3v) is 4.13. The van der Waals surface area contributed by atoms with E-state index >= 15 is 0 Å². The molecule has 102 valence electrons. The largest absolute Gasteiger partial charge is 0.496 e. The molecule has 0 saturated heterocycles. The maximum absolute atomic E-state index is 11.6. The number of ether oxygens (including phenoxy) is 1. The van der Waals surface area contributed by atoms with Crippen molar-refractivity contribution in [2.75, 3.05) is 12.9 Å². The van der Waals surface area contributed by atoms with Crippen LogP contribution in [0.4, 0.5) is 0 Å². The maximum atomic E-state index is 11.6. The van der Waals surface area contributed by atoms with Crippen molar-refractivity contribution in [3.05, 3.63) is 29.3 Å². The van der Waals surface area contributed by atoms with Crippen LogP contribution in [0.1, 0.15) is 30.9 Å². The highest BCUT2D eigenvalue weighted by atomic mass is 32.2. The van der Waals surface area contributed by atoms with Crippen LogP contribution in [0, 0.1) is 6.92 Å². The summed E-state index contributed by atoms with van der Waals surface area (Å²) in [6, 6.07) is 5.65. The molecular weight excluding hydrogens is 250 g/mol. The minimum absolute atomic E-state index is 0.193. The molecule has 0 saturated carbocycles.